The number of nitrogens with two attached hydrogens (primary N) is 1. The van der Waals surface area contributed by atoms with Crippen molar-refractivity contribution in [3.8, 4) is 5.75 Å². The van der Waals surface area contributed by atoms with Crippen molar-refractivity contribution in [1.29, 1.82) is 0 Å². The lowest BCUT2D eigenvalue weighted by atomic mass is 10.3. The van der Waals surface area contributed by atoms with Gasteiger partial charge in [-0.1, -0.05) is 18.1 Å². The number of anilines is 1. The van der Waals surface area contributed by atoms with Gasteiger partial charge in [0.1, 0.15) is 5.75 Å². The molecule has 0 amide bonds. The lowest BCUT2D eigenvalue weighted by molar-refractivity contribution is 0.242. The van der Waals surface area contributed by atoms with E-state index in [1.807, 2.05) is 18.2 Å². The first-order valence-corrected chi connectivity index (χ1v) is 7.31. The minimum atomic E-state index is 0.259. The predicted molar refractivity (Wildman–Crippen MR) is 75.9 cm³/mol. The lowest BCUT2D eigenvalue weighted by Crippen LogP contribution is -1.96. The third kappa shape index (κ3) is 4.48. The van der Waals surface area contributed by atoms with Crippen molar-refractivity contribution >= 4 is 17.4 Å². The molecule has 0 atom stereocenters. The first-order valence-electron chi connectivity index (χ1n) is 6.15. The summed E-state index contributed by atoms with van der Waals surface area (Å²) in [6, 6.07) is 7.24. The summed E-state index contributed by atoms with van der Waals surface area (Å²) in [5.41, 5.74) is 6.33. The summed E-state index contributed by atoms with van der Waals surface area (Å²) in [7, 11) is 0. The van der Waals surface area contributed by atoms with E-state index in [4.69, 9.17) is 15.0 Å². The van der Waals surface area contributed by atoms with Gasteiger partial charge in [0.15, 0.2) is 12.4 Å². The van der Waals surface area contributed by atoms with Gasteiger partial charge in [-0.15, -0.1) is 0 Å². The molecular weight excluding hydrogens is 262 g/mol. The zero-order valence-corrected chi connectivity index (χ0v) is 11.7. The third-order valence-electron chi connectivity index (χ3n) is 2.31. The van der Waals surface area contributed by atoms with Crippen LogP contribution in [0, 0.1) is 0 Å². The number of nitrogens with zero attached hydrogens (tertiary/aromatic N) is 2. The van der Waals surface area contributed by atoms with E-state index in [1.54, 1.807) is 17.8 Å². The molecular formula is C13H17N3O2S. The summed E-state index contributed by atoms with van der Waals surface area (Å²) in [6.07, 6.45) is 1.15. The van der Waals surface area contributed by atoms with Crippen molar-refractivity contribution in [2.24, 2.45) is 0 Å². The molecule has 0 fully saturated rings. The number of benzene rings is 1. The quantitative estimate of drug-likeness (QED) is 0.620. The molecule has 0 aliphatic heterocycles. The molecule has 0 aliphatic rings. The number of ether oxygens (including phenoxy) is 1. The van der Waals surface area contributed by atoms with E-state index in [-0.39, 0.29) is 6.61 Å². The molecule has 0 aliphatic carbocycles. The Morgan fingerprint density at radius 1 is 1.42 bits per heavy atom. The fourth-order valence-corrected chi connectivity index (χ4v) is 2.20. The van der Waals surface area contributed by atoms with Gasteiger partial charge < -0.3 is 15.0 Å². The van der Waals surface area contributed by atoms with E-state index in [9.17, 15) is 0 Å². The van der Waals surface area contributed by atoms with Crippen molar-refractivity contribution < 1.29 is 9.26 Å². The van der Waals surface area contributed by atoms with Gasteiger partial charge in [-0.2, -0.15) is 16.7 Å². The first-order chi connectivity index (χ1) is 9.28. The second-order valence-electron chi connectivity index (χ2n) is 4.02. The smallest absolute Gasteiger partial charge is 0.264 e. The van der Waals surface area contributed by atoms with E-state index in [0.29, 0.717) is 23.2 Å². The maximum Gasteiger partial charge on any atom is 0.264 e. The molecule has 0 unspecified atom stereocenters. The van der Waals surface area contributed by atoms with Crippen molar-refractivity contribution in [2.45, 2.75) is 25.7 Å². The van der Waals surface area contributed by atoms with E-state index >= 15 is 0 Å². The van der Waals surface area contributed by atoms with Crippen LogP contribution in [-0.2, 0) is 12.4 Å². The Morgan fingerprint density at radius 3 is 3.11 bits per heavy atom. The van der Waals surface area contributed by atoms with E-state index in [0.717, 1.165) is 17.9 Å². The maximum absolute atomic E-state index is 5.67. The molecule has 1 aromatic heterocycles. The lowest BCUT2D eigenvalue weighted by Gasteiger charge is -2.03. The first kappa shape index (κ1) is 13.7. The fourth-order valence-electron chi connectivity index (χ4n) is 1.46. The van der Waals surface area contributed by atoms with E-state index in [1.165, 1.54) is 0 Å². The number of rotatable bonds is 7. The van der Waals surface area contributed by atoms with Crippen LogP contribution in [-0.4, -0.2) is 15.9 Å². The molecule has 0 radical (unpaired) electrons. The molecule has 6 heteroatoms. The van der Waals surface area contributed by atoms with Crippen molar-refractivity contribution in [2.75, 3.05) is 11.5 Å². The fraction of sp³-hybridized carbons (Fsp3) is 0.385. The van der Waals surface area contributed by atoms with Crippen LogP contribution < -0.4 is 10.5 Å². The van der Waals surface area contributed by atoms with Crippen molar-refractivity contribution in [3.05, 3.63) is 36.0 Å². The second kappa shape index (κ2) is 7.04. The average Bonchev–Trinajstić information content (AvgIpc) is 2.85. The van der Waals surface area contributed by atoms with E-state index in [2.05, 4.69) is 17.1 Å². The Kier molecular flexibility index (Phi) is 5.09. The minimum Gasteiger partial charge on any atom is -0.484 e. The Bertz CT molecular complexity index is 516. The third-order valence-corrected chi connectivity index (χ3v) is 3.47. The van der Waals surface area contributed by atoms with Crippen LogP contribution in [0.1, 0.15) is 25.1 Å². The molecule has 0 bridgehead atoms. The SMILES string of the molecule is CCCSCc1noc(COc2cccc(N)c2)n1. The highest BCUT2D eigenvalue weighted by molar-refractivity contribution is 7.98. The highest BCUT2D eigenvalue weighted by Crippen LogP contribution is 2.16. The maximum atomic E-state index is 5.67. The zero-order chi connectivity index (χ0) is 13.5. The summed E-state index contributed by atoms with van der Waals surface area (Å²) in [5, 5.41) is 3.91. The largest absolute Gasteiger partial charge is 0.484 e. The van der Waals surface area contributed by atoms with E-state index < -0.39 is 0 Å². The Hall–Kier alpha value is -1.69. The Balaban J connectivity index is 1.83. The van der Waals surface area contributed by atoms with Crippen LogP contribution in [0.3, 0.4) is 0 Å². The highest BCUT2D eigenvalue weighted by atomic mass is 32.2. The van der Waals surface area contributed by atoms with Crippen molar-refractivity contribution in [1.82, 2.24) is 10.1 Å². The summed E-state index contributed by atoms with van der Waals surface area (Å²) in [6.45, 7) is 2.41. The molecule has 1 heterocycles. The molecule has 5 nitrogen and oxygen atoms in total. The molecule has 0 saturated carbocycles. The van der Waals surface area contributed by atoms with Gasteiger partial charge in [0.25, 0.3) is 5.89 Å². The van der Waals surface area contributed by atoms with Gasteiger partial charge in [-0.05, 0) is 24.3 Å². The normalized spacial score (nSPS) is 10.6. The molecule has 19 heavy (non-hydrogen) atoms. The number of nitrogen functional groups attached to an aromatic ring is 1. The van der Waals surface area contributed by atoms with Gasteiger partial charge in [0.2, 0.25) is 0 Å². The molecule has 1 aromatic carbocycles. The van der Waals surface area contributed by atoms with Crippen LogP contribution in [0.2, 0.25) is 0 Å². The average molecular weight is 279 g/mol. The van der Waals surface area contributed by atoms with Crippen LogP contribution in [0.15, 0.2) is 28.8 Å². The Morgan fingerprint density at radius 2 is 2.32 bits per heavy atom. The second-order valence-corrected chi connectivity index (χ2v) is 5.12. The van der Waals surface area contributed by atoms with Crippen LogP contribution in [0.5, 0.6) is 5.75 Å². The molecule has 0 saturated heterocycles. The number of hydrogen-bond acceptors (Lipinski definition) is 6. The molecule has 2 rings (SSSR count). The van der Waals surface area contributed by atoms with Gasteiger partial charge >= 0.3 is 0 Å². The summed E-state index contributed by atoms with van der Waals surface area (Å²) in [4.78, 5) is 4.26. The molecule has 2 aromatic rings. The number of hydrogen-bond donors (Lipinski definition) is 1. The standard InChI is InChI=1S/C13H17N3O2S/c1-2-6-19-9-12-15-13(18-16-12)8-17-11-5-3-4-10(14)7-11/h3-5,7H,2,6,8-9,14H2,1H3. The highest BCUT2D eigenvalue weighted by Gasteiger charge is 2.07. The monoisotopic (exact) mass is 279 g/mol. The zero-order valence-electron chi connectivity index (χ0n) is 10.8. The van der Waals surface area contributed by atoms with Crippen LogP contribution in [0.25, 0.3) is 0 Å². The number of aromatic nitrogens is 2. The van der Waals surface area contributed by atoms with Gasteiger partial charge in [0.05, 0.1) is 5.75 Å². The molecule has 0 spiro atoms. The summed E-state index contributed by atoms with van der Waals surface area (Å²) < 4.78 is 10.6. The Labute approximate surface area is 116 Å². The topological polar surface area (TPSA) is 74.2 Å². The molecule has 2 N–H and O–H groups in total. The van der Waals surface area contributed by atoms with Gasteiger partial charge in [-0.3, -0.25) is 0 Å². The van der Waals surface area contributed by atoms with Crippen molar-refractivity contribution in [3.63, 3.8) is 0 Å². The summed E-state index contributed by atoms with van der Waals surface area (Å²) >= 11 is 1.79. The minimum absolute atomic E-state index is 0.259. The van der Waals surface area contributed by atoms with Crippen LogP contribution in [0.4, 0.5) is 5.69 Å². The number of thioether (sulfide) groups is 1. The summed E-state index contributed by atoms with van der Waals surface area (Å²) in [5.74, 6) is 3.76. The predicted octanol–water partition coefficient (Wildman–Crippen LogP) is 2.87. The van der Waals surface area contributed by atoms with Gasteiger partial charge in [-0.25, -0.2) is 0 Å². The molecule has 102 valence electrons. The van der Waals surface area contributed by atoms with Crippen LogP contribution >= 0.6 is 11.8 Å². The van der Waals surface area contributed by atoms with Gasteiger partial charge in [0, 0.05) is 11.8 Å².